The fourth-order valence-corrected chi connectivity index (χ4v) is 4.42. The smallest absolute Gasteiger partial charge is 0.407 e. The second kappa shape index (κ2) is 10.2. The van der Waals surface area contributed by atoms with Gasteiger partial charge in [0.2, 0.25) is 0 Å². The van der Waals surface area contributed by atoms with Gasteiger partial charge in [0.1, 0.15) is 5.60 Å². The van der Waals surface area contributed by atoms with Crippen LogP contribution in [0, 0.1) is 11.8 Å². The molecule has 180 valence electrons. The summed E-state index contributed by atoms with van der Waals surface area (Å²) in [6.45, 7) is 6.86. The Hall–Kier alpha value is -3.42. The van der Waals surface area contributed by atoms with Crippen molar-refractivity contribution < 1.29 is 14.3 Å². The van der Waals surface area contributed by atoms with Gasteiger partial charge in [0.05, 0.1) is 23.0 Å². The van der Waals surface area contributed by atoms with Crippen LogP contribution in [0.25, 0.3) is 22.2 Å². The van der Waals surface area contributed by atoms with E-state index in [1.165, 1.54) is 0 Å². The quantitative estimate of drug-likeness (QED) is 0.492. The van der Waals surface area contributed by atoms with E-state index in [0.717, 1.165) is 47.8 Å². The van der Waals surface area contributed by atoms with E-state index in [0.29, 0.717) is 30.5 Å². The number of benzene rings is 1. The molecule has 1 aliphatic carbocycles. The van der Waals surface area contributed by atoms with Crippen LogP contribution in [-0.4, -0.2) is 45.9 Å². The average Bonchev–Trinajstić information content (AvgIpc) is 3.35. The number of carbonyl (C=O) groups excluding carboxylic acids is 2. The third-order valence-electron chi connectivity index (χ3n) is 6.21. The van der Waals surface area contributed by atoms with Crippen LogP contribution in [0.2, 0.25) is 0 Å². The van der Waals surface area contributed by atoms with Crippen LogP contribution in [0.1, 0.15) is 56.8 Å². The van der Waals surface area contributed by atoms with Crippen molar-refractivity contribution in [2.75, 3.05) is 13.1 Å². The molecule has 0 aliphatic heterocycles. The van der Waals surface area contributed by atoms with Crippen molar-refractivity contribution in [1.82, 2.24) is 25.8 Å². The lowest BCUT2D eigenvalue weighted by Crippen LogP contribution is -2.37. The minimum Gasteiger partial charge on any atom is -0.444 e. The summed E-state index contributed by atoms with van der Waals surface area (Å²) in [4.78, 5) is 29.7. The third kappa shape index (κ3) is 6.12. The van der Waals surface area contributed by atoms with Gasteiger partial charge in [0.25, 0.3) is 5.91 Å². The van der Waals surface area contributed by atoms with Gasteiger partial charge < -0.3 is 15.4 Å². The molecule has 1 aliphatic rings. The van der Waals surface area contributed by atoms with Crippen LogP contribution in [0.3, 0.4) is 0 Å². The number of ether oxygens (including phenoxy) is 1. The zero-order valence-corrected chi connectivity index (χ0v) is 20.1. The first-order valence-electron chi connectivity index (χ1n) is 11.9. The zero-order chi connectivity index (χ0) is 24.1. The first-order chi connectivity index (χ1) is 16.3. The number of alkyl carbamates (subject to hydrolysis) is 1. The minimum absolute atomic E-state index is 0.0861. The number of hydrogen-bond acceptors (Lipinski definition) is 5. The molecule has 4 rings (SSSR count). The van der Waals surface area contributed by atoms with Crippen LogP contribution < -0.4 is 10.6 Å². The maximum absolute atomic E-state index is 13.2. The fourth-order valence-electron chi connectivity index (χ4n) is 4.42. The lowest BCUT2D eigenvalue weighted by Gasteiger charge is -2.29. The van der Waals surface area contributed by atoms with E-state index in [-0.39, 0.29) is 12.0 Å². The van der Waals surface area contributed by atoms with Crippen molar-refractivity contribution in [3.05, 3.63) is 48.3 Å². The van der Waals surface area contributed by atoms with E-state index in [1.54, 1.807) is 12.4 Å². The van der Waals surface area contributed by atoms with Gasteiger partial charge in [-0.3, -0.25) is 9.89 Å². The van der Waals surface area contributed by atoms with E-state index in [9.17, 15) is 9.59 Å². The summed E-state index contributed by atoms with van der Waals surface area (Å²) >= 11 is 0. The molecule has 8 heteroatoms. The topological polar surface area (TPSA) is 109 Å². The molecule has 0 saturated heterocycles. The number of amides is 2. The Kier molecular flexibility index (Phi) is 7.14. The number of H-pyrrole nitrogens is 1. The highest BCUT2D eigenvalue weighted by Crippen LogP contribution is 2.29. The Morgan fingerprint density at radius 3 is 2.38 bits per heavy atom. The SMILES string of the molecule is CC(C)(C)OC(=O)NC[C@H]1CC[C@H](CNC(=O)c2cc(-c3cn[nH]c3)nc3ccccc23)CC1. The Labute approximate surface area is 199 Å². The Bertz CT molecular complexity index is 1130. The van der Waals surface area contributed by atoms with Gasteiger partial charge in [-0.25, -0.2) is 9.78 Å². The molecule has 0 spiro atoms. The number of hydrogen-bond donors (Lipinski definition) is 3. The van der Waals surface area contributed by atoms with Crippen molar-refractivity contribution in [3.8, 4) is 11.3 Å². The van der Waals surface area contributed by atoms with E-state index >= 15 is 0 Å². The maximum atomic E-state index is 13.2. The molecule has 0 radical (unpaired) electrons. The number of nitrogens with zero attached hydrogens (tertiary/aromatic N) is 2. The lowest BCUT2D eigenvalue weighted by atomic mass is 9.82. The van der Waals surface area contributed by atoms with Gasteiger partial charge in [-0.1, -0.05) is 18.2 Å². The molecule has 0 unspecified atom stereocenters. The van der Waals surface area contributed by atoms with E-state index in [4.69, 9.17) is 4.74 Å². The van der Waals surface area contributed by atoms with Crippen molar-refractivity contribution in [3.63, 3.8) is 0 Å². The maximum Gasteiger partial charge on any atom is 0.407 e. The molecule has 2 aromatic heterocycles. The molecule has 1 fully saturated rings. The first-order valence-corrected chi connectivity index (χ1v) is 11.9. The summed E-state index contributed by atoms with van der Waals surface area (Å²) in [7, 11) is 0. The fraction of sp³-hybridized carbons (Fsp3) is 0.462. The van der Waals surface area contributed by atoms with Crippen molar-refractivity contribution in [1.29, 1.82) is 0 Å². The standard InChI is InChI=1S/C26H33N5O3/c1-26(2,3)34-25(33)28-14-18-10-8-17(9-11-18)13-27-24(32)21-12-23(19-15-29-30-16-19)31-22-7-5-4-6-20(21)22/h4-7,12,15-18H,8-11,13-14H2,1-3H3,(H,27,32)(H,28,33)(H,29,30)/t17-,18-. The van der Waals surface area contributed by atoms with Gasteiger partial charge in [0, 0.05) is 30.2 Å². The number of carbonyl (C=O) groups is 2. The molecule has 3 N–H and O–H groups in total. The van der Waals surface area contributed by atoms with Crippen LogP contribution in [0.4, 0.5) is 4.79 Å². The summed E-state index contributed by atoms with van der Waals surface area (Å²) in [5.41, 5.74) is 2.48. The van der Waals surface area contributed by atoms with E-state index < -0.39 is 5.60 Å². The molecule has 1 saturated carbocycles. The summed E-state index contributed by atoms with van der Waals surface area (Å²) in [6, 6.07) is 9.53. The molecule has 2 amide bonds. The highest BCUT2D eigenvalue weighted by atomic mass is 16.6. The van der Waals surface area contributed by atoms with E-state index in [1.807, 2.05) is 51.1 Å². The van der Waals surface area contributed by atoms with Gasteiger partial charge in [-0.2, -0.15) is 5.10 Å². The Morgan fingerprint density at radius 2 is 1.74 bits per heavy atom. The number of para-hydroxylation sites is 1. The monoisotopic (exact) mass is 463 g/mol. The highest BCUT2D eigenvalue weighted by Gasteiger charge is 2.24. The Morgan fingerprint density at radius 1 is 1.06 bits per heavy atom. The Balaban J connectivity index is 1.31. The number of nitrogens with one attached hydrogen (secondary N) is 3. The summed E-state index contributed by atoms with van der Waals surface area (Å²) < 4.78 is 5.31. The molecule has 2 heterocycles. The molecule has 34 heavy (non-hydrogen) atoms. The first kappa shape index (κ1) is 23.7. The molecular formula is C26H33N5O3. The molecule has 3 aromatic rings. The predicted octanol–water partition coefficient (Wildman–Crippen LogP) is 4.69. The summed E-state index contributed by atoms with van der Waals surface area (Å²) in [5.74, 6) is 0.793. The van der Waals surface area contributed by atoms with Gasteiger partial charge in [-0.15, -0.1) is 0 Å². The number of aromatic nitrogens is 3. The van der Waals surface area contributed by atoms with Crippen LogP contribution in [-0.2, 0) is 4.74 Å². The average molecular weight is 464 g/mol. The van der Waals surface area contributed by atoms with Crippen molar-refractivity contribution in [2.45, 2.75) is 52.1 Å². The molecule has 1 aromatic carbocycles. The second-order valence-corrected chi connectivity index (χ2v) is 10.0. The normalized spacial score (nSPS) is 18.4. The molecule has 0 bridgehead atoms. The summed E-state index contributed by atoms with van der Waals surface area (Å²) in [5, 5.41) is 13.7. The molecular weight excluding hydrogens is 430 g/mol. The van der Waals surface area contributed by atoms with Crippen molar-refractivity contribution in [2.24, 2.45) is 11.8 Å². The minimum atomic E-state index is -0.487. The van der Waals surface area contributed by atoms with Crippen LogP contribution in [0.5, 0.6) is 0 Å². The molecule has 8 nitrogen and oxygen atoms in total. The van der Waals surface area contributed by atoms with Gasteiger partial charge >= 0.3 is 6.09 Å². The van der Waals surface area contributed by atoms with Gasteiger partial charge in [0.15, 0.2) is 0 Å². The number of aromatic amines is 1. The highest BCUT2D eigenvalue weighted by molar-refractivity contribution is 6.07. The largest absolute Gasteiger partial charge is 0.444 e. The summed E-state index contributed by atoms with van der Waals surface area (Å²) in [6.07, 6.45) is 7.22. The third-order valence-corrected chi connectivity index (χ3v) is 6.21. The number of fused-ring (bicyclic) bond motifs is 1. The second-order valence-electron chi connectivity index (χ2n) is 10.0. The van der Waals surface area contributed by atoms with Gasteiger partial charge in [-0.05, 0) is 70.4 Å². The zero-order valence-electron chi connectivity index (χ0n) is 20.1. The number of pyridine rings is 1. The predicted molar refractivity (Wildman–Crippen MR) is 131 cm³/mol. The van der Waals surface area contributed by atoms with E-state index in [2.05, 4.69) is 25.8 Å². The van der Waals surface area contributed by atoms with Crippen LogP contribution >= 0.6 is 0 Å². The van der Waals surface area contributed by atoms with Crippen molar-refractivity contribution >= 4 is 22.9 Å². The number of rotatable bonds is 6. The lowest BCUT2D eigenvalue weighted by molar-refractivity contribution is 0.0512. The molecule has 0 atom stereocenters. The van der Waals surface area contributed by atoms with Crippen LogP contribution in [0.15, 0.2) is 42.7 Å².